The Morgan fingerprint density at radius 1 is 1.07 bits per heavy atom. The van der Waals surface area contributed by atoms with Crippen molar-refractivity contribution in [2.75, 3.05) is 52.9 Å². The minimum absolute atomic E-state index is 0.509. The van der Waals surface area contributed by atoms with E-state index in [-0.39, 0.29) is 0 Å². The van der Waals surface area contributed by atoms with Crippen LogP contribution < -0.4 is 10.6 Å². The minimum atomic E-state index is 0.509. The van der Waals surface area contributed by atoms with Crippen LogP contribution in [0.3, 0.4) is 0 Å². The molecule has 0 radical (unpaired) electrons. The lowest BCUT2D eigenvalue weighted by Crippen LogP contribution is -2.44. The van der Waals surface area contributed by atoms with Gasteiger partial charge in [0.15, 0.2) is 5.96 Å². The summed E-state index contributed by atoms with van der Waals surface area (Å²) in [5, 5.41) is 7.05. The number of hydrogen-bond acceptors (Lipinski definition) is 3. The van der Waals surface area contributed by atoms with Crippen LogP contribution in [0.5, 0.6) is 0 Å². The van der Waals surface area contributed by atoms with Gasteiger partial charge < -0.3 is 20.4 Å². The van der Waals surface area contributed by atoms with Crippen molar-refractivity contribution < 1.29 is 0 Å². The molecule has 2 rings (SSSR count). The molecule has 2 aliphatic rings. The highest BCUT2D eigenvalue weighted by Crippen LogP contribution is 2.27. The van der Waals surface area contributed by atoms with Crippen LogP contribution >= 0.6 is 0 Å². The number of rotatable bonds is 10. The van der Waals surface area contributed by atoms with Crippen LogP contribution in [0.2, 0.25) is 0 Å². The van der Waals surface area contributed by atoms with Crippen LogP contribution in [-0.4, -0.2) is 74.7 Å². The average Bonchev–Trinajstić information content (AvgIpc) is 2.68. The zero-order chi connectivity index (χ0) is 19.3. The number of guanidine groups is 1. The van der Waals surface area contributed by atoms with E-state index in [1.807, 2.05) is 0 Å². The predicted octanol–water partition coefficient (Wildman–Crippen LogP) is 3.32. The van der Waals surface area contributed by atoms with E-state index in [9.17, 15) is 0 Å². The first-order chi connectivity index (χ1) is 13.2. The molecule has 0 spiro atoms. The maximum absolute atomic E-state index is 4.81. The van der Waals surface area contributed by atoms with Gasteiger partial charge in [-0.05, 0) is 59.0 Å². The van der Waals surface area contributed by atoms with Crippen molar-refractivity contribution in [3.8, 4) is 0 Å². The molecule has 0 bridgehead atoms. The topological polar surface area (TPSA) is 42.9 Å². The van der Waals surface area contributed by atoms with Gasteiger partial charge in [-0.15, -0.1) is 0 Å². The van der Waals surface area contributed by atoms with Crippen molar-refractivity contribution in [2.45, 2.75) is 77.7 Å². The van der Waals surface area contributed by atoms with E-state index in [0.29, 0.717) is 6.04 Å². The molecule has 1 aliphatic heterocycles. The molecule has 2 fully saturated rings. The zero-order valence-electron chi connectivity index (χ0n) is 18.3. The summed E-state index contributed by atoms with van der Waals surface area (Å²) in [6, 6.07) is 0.509. The first kappa shape index (κ1) is 22.5. The van der Waals surface area contributed by atoms with Gasteiger partial charge in [0.2, 0.25) is 0 Å². The third-order valence-corrected chi connectivity index (χ3v) is 6.21. The summed E-state index contributed by atoms with van der Waals surface area (Å²) in [5.74, 6) is 1.98. The largest absolute Gasteiger partial charge is 0.357 e. The number of likely N-dealkylation sites (N-methyl/N-ethyl adjacent to an activating group) is 1. The molecule has 1 saturated heterocycles. The van der Waals surface area contributed by atoms with Crippen LogP contribution in [-0.2, 0) is 0 Å². The molecule has 0 amide bonds. The number of hydrogen-bond donors (Lipinski definition) is 2. The molecule has 0 aromatic carbocycles. The molecule has 0 aromatic heterocycles. The van der Waals surface area contributed by atoms with Crippen LogP contribution in [0.25, 0.3) is 0 Å². The fourth-order valence-electron chi connectivity index (χ4n) is 4.30. The van der Waals surface area contributed by atoms with Crippen LogP contribution in [0.1, 0.15) is 71.6 Å². The molecule has 1 saturated carbocycles. The molecule has 1 atom stereocenters. The molecule has 1 heterocycles. The highest BCUT2D eigenvalue weighted by atomic mass is 15.2. The summed E-state index contributed by atoms with van der Waals surface area (Å²) < 4.78 is 0. The first-order valence-electron chi connectivity index (χ1n) is 11.6. The summed E-state index contributed by atoms with van der Waals surface area (Å²) in [6.45, 7) is 12.4. The summed E-state index contributed by atoms with van der Waals surface area (Å²) in [6.07, 6.45) is 12.3. The average molecular weight is 380 g/mol. The van der Waals surface area contributed by atoms with Crippen LogP contribution in [0, 0.1) is 5.92 Å². The third-order valence-electron chi connectivity index (χ3n) is 6.21. The van der Waals surface area contributed by atoms with Crippen molar-refractivity contribution in [1.82, 2.24) is 20.4 Å². The fourth-order valence-corrected chi connectivity index (χ4v) is 4.30. The first-order valence-corrected chi connectivity index (χ1v) is 11.6. The van der Waals surface area contributed by atoms with Gasteiger partial charge in [-0.3, -0.25) is 4.99 Å². The molecule has 5 nitrogen and oxygen atoms in total. The van der Waals surface area contributed by atoms with Gasteiger partial charge in [0.1, 0.15) is 0 Å². The molecule has 1 aliphatic carbocycles. The van der Waals surface area contributed by atoms with Gasteiger partial charge in [0.05, 0.1) is 0 Å². The number of nitrogens with zero attached hydrogens (tertiary/aromatic N) is 3. The van der Waals surface area contributed by atoms with Gasteiger partial charge in [0, 0.05) is 45.3 Å². The quantitative estimate of drug-likeness (QED) is 0.347. The lowest BCUT2D eigenvalue weighted by Gasteiger charge is -2.32. The Hall–Kier alpha value is -0.810. The van der Waals surface area contributed by atoms with Crippen LogP contribution in [0.15, 0.2) is 4.99 Å². The monoisotopic (exact) mass is 379 g/mol. The molecule has 0 aromatic rings. The predicted molar refractivity (Wildman–Crippen MR) is 118 cm³/mol. The molecule has 158 valence electrons. The Bertz CT molecular complexity index is 398. The van der Waals surface area contributed by atoms with Crippen molar-refractivity contribution in [2.24, 2.45) is 10.9 Å². The molecular weight excluding hydrogens is 334 g/mol. The van der Waals surface area contributed by atoms with Gasteiger partial charge >= 0.3 is 0 Å². The highest BCUT2D eigenvalue weighted by Gasteiger charge is 2.15. The van der Waals surface area contributed by atoms with Crippen molar-refractivity contribution in [3.63, 3.8) is 0 Å². The van der Waals surface area contributed by atoms with E-state index < -0.39 is 0 Å². The Labute approximate surface area is 168 Å². The normalized spacial score (nSPS) is 22.0. The molecular formula is C22H45N5. The van der Waals surface area contributed by atoms with E-state index >= 15 is 0 Å². The van der Waals surface area contributed by atoms with Gasteiger partial charge in [0.25, 0.3) is 0 Å². The Morgan fingerprint density at radius 2 is 1.81 bits per heavy atom. The summed E-state index contributed by atoms with van der Waals surface area (Å²) in [4.78, 5) is 9.83. The summed E-state index contributed by atoms with van der Waals surface area (Å²) >= 11 is 0. The standard InChI is InChI=1S/C22H45N5/c1-4-23-22(25-20(2)12-13-21-10-6-5-7-11-21)24-14-8-9-15-27-18-16-26(3)17-19-27/h20-21H,4-19H2,1-3H3,(H2,23,24,25). The Morgan fingerprint density at radius 3 is 2.52 bits per heavy atom. The maximum atomic E-state index is 4.81. The van der Waals surface area contributed by atoms with Gasteiger partial charge in [-0.25, -0.2) is 0 Å². The number of nitrogens with one attached hydrogen (secondary N) is 2. The van der Waals surface area contributed by atoms with E-state index in [4.69, 9.17) is 4.99 Å². The van der Waals surface area contributed by atoms with Gasteiger partial charge in [-0.1, -0.05) is 32.1 Å². The SMILES string of the molecule is CCNC(=NCCCCN1CCN(C)CC1)NC(C)CCC1CCCCC1. The molecule has 5 heteroatoms. The lowest BCUT2D eigenvalue weighted by molar-refractivity contribution is 0.152. The molecule has 1 unspecified atom stereocenters. The number of piperazine rings is 1. The Kier molecular flexibility index (Phi) is 11.1. The lowest BCUT2D eigenvalue weighted by atomic mass is 9.85. The number of unbranched alkanes of at least 4 members (excludes halogenated alkanes) is 1. The van der Waals surface area contributed by atoms with Crippen molar-refractivity contribution in [1.29, 1.82) is 0 Å². The second-order valence-electron chi connectivity index (χ2n) is 8.74. The number of aliphatic imine (C=N–C) groups is 1. The van der Waals surface area contributed by atoms with E-state index in [2.05, 4.69) is 41.3 Å². The molecule has 27 heavy (non-hydrogen) atoms. The second-order valence-corrected chi connectivity index (χ2v) is 8.74. The van der Waals surface area contributed by atoms with E-state index in [0.717, 1.165) is 25.0 Å². The highest BCUT2D eigenvalue weighted by molar-refractivity contribution is 5.80. The summed E-state index contributed by atoms with van der Waals surface area (Å²) in [5.41, 5.74) is 0. The summed E-state index contributed by atoms with van der Waals surface area (Å²) in [7, 11) is 2.22. The second kappa shape index (κ2) is 13.4. The van der Waals surface area contributed by atoms with E-state index in [1.54, 1.807) is 0 Å². The smallest absolute Gasteiger partial charge is 0.191 e. The van der Waals surface area contributed by atoms with E-state index in [1.165, 1.54) is 90.5 Å². The van der Waals surface area contributed by atoms with Crippen LogP contribution in [0.4, 0.5) is 0 Å². The zero-order valence-corrected chi connectivity index (χ0v) is 18.3. The Balaban J connectivity index is 1.59. The van der Waals surface area contributed by atoms with Crippen molar-refractivity contribution >= 4 is 5.96 Å². The minimum Gasteiger partial charge on any atom is -0.357 e. The maximum Gasteiger partial charge on any atom is 0.191 e. The molecule has 2 N–H and O–H groups in total. The van der Waals surface area contributed by atoms with Gasteiger partial charge in [-0.2, -0.15) is 0 Å². The fraction of sp³-hybridized carbons (Fsp3) is 0.955. The third kappa shape index (κ3) is 9.79. The van der Waals surface area contributed by atoms with Crippen molar-refractivity contribution in [3.05, 3.63) is 0 Å².